The molecular weight excluding hydrogens is 372 g/mol. The maximum Gasteiger partial charge on any atom is 0.358 e. The fourth-order valence-corrected chi connectivity index (χ4v) is 3.27. The highest BCUT2D eigenvalue weighted by atomic mass is 16.5. The van der Waals surface area contributed by atoms with E-state index in [-0.39, 0.29) is 48.4 Å². The molecule has 1 unspecified atom stereocenters. The lowest BCUT2D eigenvalue weighted by Crippen LogP contribution is -2.37. The lowest BCUT2D eigenvalue weighted by molar-refractivity contribution is -0.137. The summed E-state index contributed by atoms with van der Waals surface area (Å²) in [7, 11) is 1.50. The molecule has 0 radical (unpaired) electrons. The zero-order valence-electron chi connectivity index (χ0n) is 15.7. The molecule has 0 aliphatic carbocycles. The number of carboxylic acid groups (broad SMARTS) is 1. The van der Waals surface area contributed by atoms with Crippen molar-refractivity contribution in [2.75, 3.05) is 20.3 Å². The highest BCUT2D eigenvalue weighted by molar-refractivity contribution is 5.98. The number of amides is 1. The SMILES string of the molecule is CCOC(=O)c1cc2n(CC(=O)O)c3c(c(=O)n2n1)CN(C(C)COC)C3=O. The van der Waals surface area contributed by atoms with Crippen LogP contribution in [-0.2, 0) is 27.4 Å². The molecule has 1 atom stereocenters. The van der Waals surface area contributed by atoms with Crippen LogP contribution < -0.4 is 5.56 Å². The fraction of sp³-hybridized carbons (Fsp3) is 0.471. The maximum absolute atomic E-state index is 13.0. The molecule has 11 heteroatoms. The van der Waals surface area contributed by atoms with Crippen molar-refractivity contribution < 1.29 is 29.0 Å². The molecule has 1 aliphatic rings. The first kappa shape index (κ1) is 19.5. The third-order valence-electron chi connectivity index (χ3n) is 4.48. The Morgan fingerprint density at radius 1 is 1.36 bits per heavy atom. The lowest BCUT2D eigenvalue weighted by Gasteiger charge is -2.23. The molecule has 28 heavy (non-hydrogen) atoms. The molecule has 0 spiro atoms. The van der Waals surface area contributed by atoms with Crippen LogP contribution in [0.5, 0.6) is 0 Å². The Morgan fingerprint density at radius 3 is 2.68 bits per heavy atom. The van der Waals surface area contributed by atoms with Crippen molar-refractivity contribution in [3.8, 4) is 0 Å². The minimum absolute atomic E-state index is 0.00167. The number of fused-ring (bicyclic) bond motifs is 2. The van der Waals surface area contributed by atoms with Crippen molar-refractivity contribution in [3.63, 3.8) is 0 Å². The molecular formula is C17H20N4O7. The number of carbonyl (C=O) groups is 3. The third-order valence-corrected chi connectivity index (χ3v) is 4.48. The third kappa shape index (κ3) is 3.13. The fourth-order valence-electron chi connectivity index (χ4n) is 3.27. The summed E-state index contributed by atoms with van der Waals surface area (Å²) in [6.45, 7) is 3.20. The molecule has 2 aromatic rings. The number of hydrogen-bond acceptors (Lipinski definition) is 7. The molecule has 0 saturated carbocycles. The highest BCUT2D eigenvalue weighted by Crippen LogP contribution is 2.24. The quantitative estimate of drug-likeness (QED) is 0.638. The van der Waals surface area contributed by atoms with E-state index in [2.05, 4.69) is 5.10 Å². The Balaban J connectivity index is 2.21. The molecule has 0 saturated heterocycles. The van der Waals surface area contributed by atoms with E-state index in [4.69, 9.17) is 9.47 Å². The van der Waals surface area contributed by atoms with E-state index in [9.17, 15) is 24.3 Å². The summed E-state index contributed by atoms with van der Waals surface area (Å²) >= 11 is 0. The second kappa shape index (κ2) is 7.43. The van der Waals surface area contributed by atoms with Crippen LogP contribution in [0.4, 0.5) is 0 Å². The number of hydrogen-bond donors (Lipinski definition) is 1. The molecule has 1 aliphatic heterocycles. The lowest BCUT2D eigenvalue weighted by atomic mass is 10.2. The summed E-state index contributed by atoms with van der Waals surface area (Å²) < 4.78 is 12.1. The molecule has 0 fully saturated rings. The van der Waals surface area contributed by atoms with E-state index in [1.807, 2.05) is 0 Å². The molecule has 11 nitrogen and oxygen atoms in total. The van der Waals surface area contributed by atoms with E-state index in [0.29, 0.717) is 0 Å². The van der Waals surface area contributed by atoms with Crippen LogP contribution in [0.2, 0.25) is 0 Å². The number of carbonyl (C=O) groups excluding carboxylic acids is 2. The largest absolute Gasteiger partial charge is 0.480 e. The normalized spacial score (nSPS) is 14.4. The summed E-state index contributed by atoms with van der Waals surface area (Å²) in [4.78, 5) is 50.7. The summed E-state index contributed by atoms with van der Waals surface area (Å²) in [5.41, 5.74) is -0.580. The van der Waals surface area contributed by atoms with Gasteiger partial charge < -0.3 is 24.0 Å². The van der Waals surface area contributed by atoms with Gasteiger partial charge in [-0.1, -0.05) is 0 Å². The van der Waals surface area contributed by atoms with Gasteiger partial charge in [0, 0.05) is 13.2 Å². The highest BCUT2D eigenvalue weighted by Gasteiger charge is 2.37. The van der Waals surface area contributed by atoms with Gasteiger partial charge in [-0.2, -0.15) is 9.61 Å². The first-order valence-corrected chi connectivity index (χ1v) is 8.64. The second-order valence-electron chi connectivity index (χ2n) is 6.37. The van der Waals surface area contributed by atoms with Crippen molar-refractivity contribution in [1.82, 2.24) is 19.1 Å². The Morgan fingerprint density at radius 2 is 2.07 bits per heavy atom. The number of methoxy groups -OCH3 is 1. The maximum atomic E-state index is 13.0. The van der Waals surface area contributed by atoms with Crippen molar-refractivity contribution in [1.29, 1.82) is 0 Å². The van der Waals surface area contributed by atoms with Crippen molar-refractivity contribution in [2.45, 2.75) is 33.0 Å². The summed E-state index contributed by atoms with van der Waals surface area (Å²) in [5, 5.41) is 13.3. The van der Waals surface area contributed by atoms with Gasteiger partial charge in [-0.25, -0.2) is 4.79 Å². The Bertz CT molecular complexity index is 1020. The number of aliphatic carboxylic acids is 1. The molecule has 0 bridgehead atoms. The predicted molar refractivity (Wildman–Crippen MR) is 94.3 cm³/mol. The van der Waals surface area contributed by atoms with E-state index < -0.39 is 29.9 Å². The summed E-state index contributed by atoms with van der Waals surface area (Å²) in [6, 6.07) is 0.932. The van der Waals surface area contributed by atoms with Crippen LogP contribution in [-0.4, -0.2) is 68.4 Å². The van der Waals surface area contributed by atoms with Gasteiger partial charge in [0.1, 0.15) is 17.9 Å². The standard InChI is InChI=1S/C17H20N4O7/c1-4-28-17(26)11-5-12-20(7-13(22)23)14-10(15(24)21(12)18-11)6-19(16(14)25)9(2)8-27-3/h5,9H,4,6-8H2,1-3H3,(H,22,23). The minimum Gasteiger partial charge on any atom is -0.480 e. The average molecular weight is 392 g/mol. The monoisotopic (exact) mass is 392 g/mol. The number of nitrogens with zero attached hydrogens (tertiary/aromatic N) is 4. The van der Waals surface area contributed by atoms with Crippen LogP contribution in [0.3, 0.4) is 0 Å². The van der Waals surface area contributed by atoms with Gasteiger partial charge in [-0.3, -0.25) is 14.4 Å². The topological polar surface area (TPSA) is 132 Å². The number of carboxylic acids is 1. The minimum atomic E-state index is -1.21. The van der Waals surface area contributed by atoms with Gasteiger partial charge in [0.25, 0.3) is 11.5 Å². The van der Waals surface area contributed by atoms with Gasteiger partial charge in [0.05, 0.1) is 31.4 Å². The molecule has 150 valence electrons. The summed E-state index contributed by atoms with van der Waals surface area (Å²) in [6.07, 6.45) is 0. The molecule has 0 aromatic carbocycles. The smallest absolute Gasteiger partial charge is 0.358 e. The molecule has 1 N–H and O–H groups in total. The number of aromatic nitrogens is 3. The van der Waals surface area contributed by atoms with Crippen molar-refractivity contribution >= 4 is 23.5 Å². The van der Waals surface area contributed by atoms with Gasteiger partial charge in [0.15, 0.2) is 5.69 Å². The Hall–Kier alpha value is -3.21. The molecule has 2 aromatic heterocycles. The predicted octanol–water partition coefficient (Wildman–Crippen LogP) is -0.252. The van der Waals surface area contributed by atoms with Gasteiger partial charge in [0.2, 0.25) is 0 Å². The van der Waals surface area contributed by atoms with Crippen LogP contribution in [0, 0.1) is 0 Å². The summed E-state index contributed by atoms with van der Waals surface area (Å²) in [5.74, 6) is -2.42. The molecule has 3 rings (SSSR count). The number of ether oxygens (including phenoxy) is 2. The number of esters is 1. The van der Waals surface area contributed by atoms with Crippen LogP contribution >= 0.6 is 0 Å². The first-order chi connectivity index (χ1) is 13.3. The van der Waals surface area contributed by atoms with E-state index in [0.717, 1.165) is 4.52 Å². The van der Waals surface area contributed by atoms with Crippen molar-refractivity contribution in [2.24, 2.45) is 0 Å². The van der Waals surface area contributed by atoms with Crippen LogP contribution in [0.15, 0.2) is 10.9 Å². The molecule has 1 amide bonds. The average Bonchev–Trinajstić information content (AvgIpc) is 3.21. The van der Waals surface area contributed by atoms with Crippen molar-refractivity contribution in [3.05, 3.63) is 33.4 Å². The van der Waals surface area contributed by atoms with E-state index in [1.54, 1.807) is 13.8 Å². The van der Waals surface area contributed by atoms with Gasteiger partial charge in [-0.15, -0.1) is 0 Å². The molecule has 3 heterocycles. The zero-order chi connectivity index (χ0) is 20.6. The number of rotatable bonds is 7. The van der Waals surface area contributed by atoms with Crippen LogP contribution in [0.1, 0.15) is 40.4 Å². The van der Waals surface area contributed by atoms with Gasteiger partial charge in [-0.05, 0) is 13.8 Å². The zero-order valence-corrected chi connectivity index (χ0v) is 15.7. The Labute approximate surface area is 159 Å². The van der Waals surface area contributed by atoms with Gasteiger partial charge >= 0.3 is 11.9 Å². The van der Waals surface area contributed by atoms with E-state index >= 15 is 0 Å². The van der Waals surface area contributed by atoms with Crippen LogP contribution in [0.25, 0.3) is 5.65 Å². The first-order valence-electron chi connectivity index (χ1n) is 8.64. The Kier molecular flexibility index (Phi) is 5.18. The van der Waals surface area contributed by atoms with E-state index in [1.165, 1.54) is 22.6 Å². The second-order valence-corrected chi connectivity index (χ2v) is 6.37.